The maximum Gasteiger partial charge on any atom is 0.228 e. The van der Waals surface area contributed by atoms with E-state index in [0.717, 1.165) is 67.4 Å². The van der Waals surface area contributed by atoms with Gasteiger partial charge in [-0.1, -0.05) is 30.3 Å². The number of thioether (sulfide) groups is 1. The molecular formula is C23H28ClN5O2S. The second-order valence-corrected chi connectivity index (χ2v) is 10.0. The molecule has 1 aromatic carbocycles. The normalized spacial score (nSPS) is 19.7. The number of benzene rings is 1. The highest BCUT2D eigenvalue weighted by atomic mass is 35.5. The largest absolute Gasteiger partial charge is 0.444 e. The van der Waals surface area contributed by atoms with Gasteiger partial charge in [-0.3, -0.25) is 4.57 Å². The van der Waals surface area contributed by atoms with Crippen LogP contribution in [0.2, 0.25) is 5.02 Å². The lowest BCUT2D eigenvalue weighted by molar-refractivity contribution is 0.0951. The highest BCUT2D eigenvalue weighted by Crippen LogP contribution is 2.30. The molecule has 2 aromatic heterocycles. The van der Waals surface area contributed by atoms with E-state index in [1.165, 1.54) is 12.8 Å². The van der Waals surface area contributed by atoms with Crippen LogP contribution in [0.25, 0.3) is 11.5 Å². The predicted molar refractivity (Wildman–Crippen MR) is 126 cm³/mol. The van der Waals surface area contributed by atoms with E-state index in [4.69, 9.17) is 20.8 Å². The molecule has 2 aliphatic heterocycles. The first-order valence-electron chi connectivity index (χ1n) is 11.3. The Kier molecular flexibility index (Phi) is 6.71. The summed E-state index contributed by atoms with van der Waals surface area (Å²) in [5.41, 5.74) is 1.79. The number of piperidine rings is 1. The number of anilines is 1. The van der Waals surface area contributed by atoms with Crippen molar-refractivity contribution in [1.29, 1.82) is 0 Å². The molecule has 0 aliphatic carbocycles. The van der Waals surface area contributed by atoms with E-state index in [1.807, 2.05) is 24.3 Å². The van der Waals surface area contributed by atoms with Gasteiger partial charge in [0, 0.05) is 36.0 Å². The van der Waals surface area contributed by atoms with E-state index in [1.54, 1.807) is 18.0 Å². The van der Waals surface area contributed by atoms with Crippen molar-refractivity contribution in [2.24, 2.45) is 5.92 Å². The Hall–Kier alpha value is -2.03. The summed E-state index contributed by atoms with van der Waals surface area (Å²) in [6.07, 6.45) is 6.55. The number of aromatic nitrogens is 4. The number of halogens is 1. The lowest BCUT2D eigenvalue weighted by Crippen LogP contribution is -2.35. The Bertz CT molecular complexity index is 1020. The number of nitrogens with zero attached hydrogens (tertiary/aromatic N) is 5. The molecule has 2 fully saturated rings. The molecule has 0 bridgehead atoms. The van der Waals surface area contributed by atoms with Crippen LogP contribution in [0.3, 0.4) is 0 Å². The van der Waals surface area contributed by atoms with Gasteiger partial charge in [-0.15, -0.1) is 10.2 Å². The third kappa shape index (κ3) is 4.97. The fourth-order valence-corrected chi connectivity index (χ4v) is 5.17. The summed E-state index contributed by atoms with van der Waals surface area (Å²) in [5.74, 6) is 3.01. The second kappa shape index (κ2) is 9.85. The van der Waals surface area contributed by atoms with E-state index >= 15 is 0 Å². The molecule has 170 valence electrons. The lowest BCUT2D eigenvalue weighted by Gasteiger charge is -2.31. The van der Waals surface area contributed by atoms with Crippen molar-refractivity contribution in [3.8, 4) is 11.5 Å². The molecule has 2 saturated heterocycles. The fraction of sp³-hybridized carbons (Fsp3) is 0.522. The van der Waals surface area contributed by atoms with E-state index in [-0.39, 0.29) is 6.10 Å². The number of rotatable bonds is 7. The van der Waals surface area contributed by atoms with Crippen LogP contribution in [-0.2, 0) is 17.0 Å². The van der Waals surface area contributed by atoms with Crippen LogP contribution in [0, 0.1) is 5.92 Å². The Balaban J connectivity index is 1.31. The minimum Gasteiger partial charge on any atom is -0.444 e. The summed E-state index contributed by atoms with van der Waals surface area (Å²) < 4.78 is 13.9. The van der Waals surface area contributed by atoms with Crippen molar-refractivity contribution < 1.29 is 9.15 Å². The van der Waals surface area contributed by atoms with Gasteiger partial charge in [0.1, 0.15) is 6.26 Å². The smallest absolute Gasteiger partial charge is 0.228 e. The minimum atomic E-state index is 0.233. The SMILES string of the molecule is CC1CCN(c2nnc(SCc3coc(-c4ccc(Cl)cc4)n3)n2CC2CCCO2)CC1. The van der Waals surface area contributed by atoms with Crippen molar-refractivity contribution in [1.82, 2.24) is 19.7 Å². The van der Waals surface area contributed by atoms with E-state index in [9.17, 15) is 0 Å². The second-order valence-electron chi connectivity index (χ2n) is 8.64. The summed E-state index contributed by atoms with van der Waals surface area (Å²) in [4.78, 5) is 7.02. The summed E-state index contributed by atoms with van der Waals surface area (Å²) in [5, 5.41) is 10.7. The molecule has 0 radical (unpaired) electrons. The fourth-order valence-electron chi connectivity index (χ4n) is 4.22. The maximum atomic E-state index is 5.98. The summed E-state index contributed by atoms with van der Waals surface area (Å²) in [7, 11) is 0. The quantitative estimate of drug-likeness (QED) is 0.431. The summed E-state index contributed by atoms with van der Waals surface area (Å²) in [6, 6.07) is 7.50. The van der Waals surface area contributed by atoms with Gasteiger partial charge in [0.05, 0.1) is 18.3 Å². The lowest BCUT2D eigenvalue weighted by atomic mass is 10.00. The number of hydrogen-bond donors (Lipinski definition) is 0. The van der Waals surface area contributed by atoms with Gasteiger partial charge in [-0.25, -0.2) is 4.98 Å². The zero-order valence-electron chi connectivity index (χ0n) is 18.2. The summed E-state index contributed by atoms with van der Waals surface area (Å²) >= 11 is 7.62. The first-order chi connectivity index (χ1) is 15.7. The molecule has 3 aromatic rings. The third-order valence-corrected chi connectivity index (χ3v) is 7.42. The van der Waals surface area contributed by atoms with E-state index < -0.39 is 0 Å². The summed E-state index contributed by atoms with van der Waals surface area (Å²) in [6.45, 7) is 6.03. The molecule has 32 heavy (non-hydrogen) atoms. The third-order valence-electron chi connectivity index (χ3n) is 6.17. The molecule has 1 unspecified atom stereocenters. The van der Waals surface area contributed by atoms with Crippen molar-refractivity contribution in [2.75, 3.05) is 24.6 Å². The Morgan fingerprint density at radius 1 is 1.12 bits per heavy atom. The Morgan fingerprint density at radius 2 is 1.94 bits per heavy atom. The van der Waals surface area contributed by atoms with Gasteiger partial charge in [-0.2, -0.15) is 0 Å². The highest BCUT2D eigenvalue weighted by Gasteiger charge is 2.26. The van der Waals surface area contributed by atoms with Crippen LogP contribution in [-0.4, -0.2) is 45.5 Å². The Labute approximate surface area is 197 Å². The molecule has 0 spiro atoms. The van der Waals surface area contributed by atoms with Gasteiger partial charge in [-0.05, 0) is 55.9 Å². The zero-order chi connectivity index (χ0) is 21.9. The van der Waals surface area contributed by atoms with Crippen molar-refractivity contribution in [2.45, 2.75) is 56.2 Å². The molecule has 2 aliphatic rings. The molecule has 9 heteroatoms. The van der Waals surface area contributed by atoms with Crippen molar-refractivity contribution >= 4 is 29.3 Å². The topological polar surface area (TPSA) is 69.2 Å². The first kappa shape index (κ1) is 21.8. The number of ether oxygens (including phenoxy) is 1. The van der Waals surface area contributed by atoms with Gasteiger partial charge in [0.2, 0.25) is 11.8 Å². The van der Waals surface area contributed by atoms with E-state index in [0.29, 0.717) is 16.7 Å². The number of hydrogen-bond acceptors (Lipinski definition) is 7. The van der Waals surface area contributed by atoms with Crippen LogP contribution < -0.4 is 4.90 Å². The molecule has 0 amide bonds. The molecule has 5 rings (SSSR count). The van der Waals surface area contributed by atoms with Gasteiger partial charge in [0.25, 0.3) is 0 Å². The molecule has 7 nitrogen and oxygen atoms in total. The average Bonchev–Trinajstić information content (AvgIpc) is 3.56. The molecule has 0 saturated carbocycles. The van der Waals surface area contributed by atoms with Crippen molar-refractivity contribution in [3.63, 3.8) is 0 Å². The van der Waals surface area contributed by atoms with Crippen LogP contribution in [0.15, 0.2) is 40.1 Å². The first-order valence-corrected chi connectivity index (χ1v) is 12.6. The van der Waals surface area contributed by atoms with Gasteiger partial charge < -0.3 is 14.1 Å². The Morgan fingerprint density at radius 3 is 2.69 bits per heavy atom. The zero-order valence-corrected chi connectivity index (χ0v) is 19.8. The standard InChI is InChI=1S/C23H28ClN5O2S/c1-16-8-10-28(11-9-16)22-26-27-23(29(22)13-20-3-2-12-30-20)32-15-19-14-31-21(25-19)17-4-6-18(24)7-5-17/h4-7,14,16,20H,2-3,8-13,15H2,1H3. The monoisotopic (exact) mass is 473 g/mol. The average molecular weight is 474 g/mol. The van der Waals surface area contributed by atoms with Crippen molar-refractivity contribution in [3.05, 3.63) is 41.2 Å². The predicted octanol–water partition coefficient (Wildman–Crippen LogP) is 5.29. The molecule has 0 N–H and O–H groups in total. The van der Waals surface area contributed by atoms with Crippen LogP contribution in [0.5, 0.6) is 0 Å². The van der Waals surface area contributed by atoms with Crippen LogP contribution >= 0.6 is 23.4 Å². The molecular weight excluding hydrogens is 446 g/mol. The van der Waals surface area contributed by atoms with Gasteiger partial charge in [0.15, 0.2) is 5.16 Å². The molecule has 1 atom stereocenters. The van der Waals surface area contributed by atoms with Crippen LogP contribution in [0.1, 0.15) is 38.3 Å². The number of oxazole rings is 1. The maximum absolute atomic E-state index is 5.98. The van der Waals surface area contributed by atoms with Crippen LogP contribution in [0.4, 0.5) is 5.95 Å². The minimum absolute atomic E-state index is 0.233. The highest BCUT2D eigenvalue weighted by molar-refractivity contribution is 7.98. The molecule has 4 heterocycles. The van der Waals surface area contributed by atoms with E-state index in [2.05, 4.69) is 31.6 Å². The van der Waals surface area contributed by atoms with Gasteiger partial charge >= 0.3 is 0 Å².